The molecule has 1 N–H and O–H groups in total. The Labute approximate surface area is 117 Å². The van der Waals surface area contributed by atoms with E-state index < -0.39 is 10.0 Å². The van der Waals surface area contributed by atoms with Crippen molar-refractivity contribution in [3.8, 4) is 12.3 Å². The smallest absolute Gasteiger partial charge is 0.261 e. The standard InChI is InChI=1S/C14H10ClNO2S/c1-2-11-4-3-5-13(10-11)16-19(17,18)14-8-6-12(15)7-9-14/h1,3-10,16H. The van der Waals surface area contributed by atoms with Crippen LogP contribution in [0.2, 0.25) is 5.02 Å². The second-order valence-corrected chi connectivity index (χ2v) is 5.90. The molecule has 0 unspecified atom stereocenters. The Kier molecular flexibility index (Phi) is 3.79. The molecule has 3 nitrogen and oxygen atoms in total. The van der Waals surface area contributed by atoms with Gasteiger partial charge in [-0.3, -0.25) is 4.72 Å². The molecule has 2 rings (SSSR count). The number of hydrogen-bond donors (Lipinski definition) is 1. The van der Waals surface area contributed by atoms with Crippen LogP contribution in [0.4, 0.5) is 5.69 Å². The van der Waals surface area contributed by atoms with Crippen molar-refractivity contribution in [2.24, 2.45) is 0 Å². The van der Waals surface area contributed by atoms with Gasteiger partial charge in [-0.2, -0.15) is 0 Å². The molecule has 19 heavy (non-hydrogen) atoms. The van der Waals surface area contributed by atoms with E-state index in [4.69, 9.17) is 18.0 Å². The van der Waals surface area contributed by atoms with Gasteiger partial charge in [0.15, 0.2) is 0 Å². The highest BCUT2D eigenvalue weighted by Gasteiger charge is 2.13. The molecule has 0 atom stereocenters. The van der Waals surface area contributed by atoms with Gasteiger partial charge >= 0.3 is 0 Å². The predicted octanol–water partition coefficient (Wildman–Crippen LogP) is 3.12. The normalized spacial score (nSPS) is 10.7. The summed E-state index contributed by atoms with van der Waals surface area (Å²) in [5.41, 5.74) is 1.03. The molecule has 0 aliphatic rings. The average molecular weight is 292 g/mol. The van der Waals surface area contributed by atoms with Crippen molar-refractivity contribution in [3.63, 3.8) is 0 Å². The van der Waals surface area contributed by atoms with Crippen molar-refractivity contribution in [3.05, 3.63) is 59.1 Å². The van der Waals surface area contributed by atoms with Gasteiger partial charge in [-0.05, 0) is 42.5 Å². The summed E-state index contributed by atoms with van der Waals surface area (Å²) in [5.74, 6) is 2.45. The fourth-order valence-corrected chi connectivity index (χ4v) is 2.68. The average Bonchev–Trinajstić information content (AvgIpc) is 2.39. The molecule has 0 radical (unpaired) electrons. The topological polar surface area (TPSA) is 46.2 Å². The molecule has 0 aromatic heterocycles. The van der Waals surface area contributed by atoms with Gasteiger partial charge in [-0.1, -0.05) is 23.6 Å². The Morgan fingerprint density at radius 1 is 1.11 bits per heavy atom. The van der Waals surface area contributed by atoms with Crippen LogP contribution in [0.25, 0.3) is 0 Å². The Balaban J connectivity index is 2.31. The number of hydrogen-bond acceptors (Lipinski definition) is 2. The van der Waals surface area contributed by atoms with Gasteiger partial charge in [-0.15, -0.1) is 6.42 Å². The first-order valence-electron chi connectivity index (χ1n) is 5.36. The van der Waals surface area contributed by atoms with Gasteiger partial charge in [0.1, 0.15) is 0 Å². The molecule has 0 fully saturated rings. The van der Waals surface area contributed by atoms with Crippen LogP contribution in [0.3, 0.4) is 0 Å². The minimum atomic E-state index is -3.63. The van der Waals surface area contributed by atoms with E-state index in [2.05, 4.69) is 10.6 Å². The lowest BCUT2D eigenvalue weighted by Crippen LogP contribution is -2.12. The van der Waals surface area contributed by atoms with Crippen molar-refractivity contribution in [1.29, 1.82) is 0 Å². The zero-order valence-electron chi connectivity index (χ0n) is 9.80. The minimum absolute atomic E-state index is 0.142. The van der Waals surface area contributed by atoms with Gasteiger partial charge in [-0.25, -0.2) is 8.42 Å². The molecule has 0 saturated carbocycles. The second kappa shape index (κ2) is 5.35. The van der Waals surface area contributed by atoms with Crippen LogP contribution in [0.1, 0.15) is 5.56 Å². The Morgan fingerprint density at radius 3 is 2.42 bits per heavy atom. The van der Waals surface area contributed by atoms with Crippen LogP contribution in [-0.4, -0.2) is 8.42 Å². The highest BCUT2D eigenvalue weighted by atomic mass is 35.5. The van der Waals surface area contributed by atoms with Gasteiger partial charge in [0.25, 0.3) is 10.0 Å². The van der Waals surface area contributed by atoms with E-state index in [0.29, 0.717) is 16.3 Å². The Bertz CT molecular complexity index is 731. The minimum Gasteiger partial charge on any atom is -0.280 e. The largest absolute Gasteiger partial charge is 0.280 e. The summed E-state index contributed by atoms with van der Waals surface area (Å²) >= 11 is 5.72. The quantitative estimate of drug-likeness (QED) is 0.883. The van der Waals surface area contributed by atoms with E-state index in [-0.39, 0.29) is 4.90 Å². The molecular weight excluding hydrogens is 282 g/mol. The molecular formula is C14H10ClNO2S. The monoisotopic (exact) mass is 291 g/mol. The van der Waals surface area contributed by atoms with Crippen molar-refractivity contribution < 1.29 is 8.42 Å². The van der Waals surface area contributed by atoms with E-state index >= 15 is 0 Å². The van der Waals surface area contributed by atoms with E-state index in [1.165, 1.54) is 24.3 Å². The molecule has 0 saturated heterocycles. The highest BCUT2D eigenvalue weighted by Crippen LogP contribution is 2.18. The van der Waals surface area contributed by atoms with Crippen LogP contribution in [-0.2, 0) is 10.0 Å². The number of nitrogens with one attached hydrogen (secondary N) is 1. The summed E-state index contributed by atoms with van der Waals surface area (Å²) in [6.07, 6.45) is 5.27. The second-order valence-electron chi connectivity index (χ2n) is 3.78. The van der Waals surface area contributed by atoms with Crippen LogP contribution >= 0.6 is 11.6 Å². The van der Waals surface area contributed by atoms with Crippen LogP contribution in [0.5, 0.6) is 0 Å². The van der Waals surface area contributed by atoms with Gasteiger partial charge in [0.05, 0.1) is 10.6 Å². The van der Waals surface area contributed by atoms with E-state index in [9.17, 15) is 8.42 Å². The molecule has 5 heteroatoms. The van der Waals surface area contributed by atoms with Crippen LogP contribution in [0, 0.1) is 12.3 Å². The maximum absolute atomic E-state index is 12.1. The third kappa shape index (κ3) is 3.28. The van der Waals surface area contributed by atoms with E-state index in [0.717, 1.165) is 0 Å². The maximum Gasteiger partial charge on any atom is 0.261 e. The van der Waals surface area contributed by atoms with Crippen molar-refractivity contribution in [1.82, 2.24) is 0 Å². The molecule has 2 aromatic rings. The molecule has 0 amide bonds. The number of terminal acetylenes is 1. The number of halogens is 1. The van der Waals surface area contributed by atoms with E-state index in [1.54, 1.807) is 24.3 Å². The molecule has 0 bridgehead atoms. The lowest BCUT2D eigenvalue weighted by atomic mass is 10.2. The van der Waals surface area contributed by atoms with Crippen LogP contribution < -0.4 is 4.72 Å². The molecule has 96 valence electrons. The van der Waals surface area contributed by atoms with Gasteiger partial charge in [0, 0.05) is 10.6 Å². The Hall–Kier alpha value is -1.96. The summed E-state index contributed by atoms with van der Waals surface area (Å²) in [5, 5.41) is 0.480. The lowest BCUT2D eigenvalue weighted by molar-refractivity contribution is 0.601. The molecule has 0 heterocycles. The van der Waals surface area contributed by atoms with Crippen molar-refractivity contribution in [2.75, 3.05) is 4.72 Å². The number of sulfonamides is 1. The van der Waals surface area contributed by atoms with E-state index in [1.807, 2.05) is 0 Å². The summed E-state index contributed by atoms with van der Waals surface area (Å²) < 4.78 is 26.7. The summed E-state index contributed by atoms with van der Waals surface area (Å²) in [6, 6.07) is 12.6. The molecule has 0 aliphatic carbocycles. The first-order valence-corrected chi connectivity index (χ1v) is 7.22. The molecule has 0 spiro atoms. The molecule has 0 aliphatic heterocycles. The maximum atomic E-state index is 12.1. The first kappa shape index (κ1) is 13.5. The van der Waals surface area contributed by atoms with Gasteiger partial charge in [0.2, 0.25) is 0 Å². The van der Waals surface area contributed by atoms with Crippen LogP contribution in [0.15, 0.2) is 53.4 Å². The number of anilines is 1. The number of rotatable bonds is 3. The third-order valence-corrected chi connectivity index (χ3v) is 4.05. The summed E-state index contributed by atoms with van der Waals surface area (Å²) in [6.45, 7) is 0. The molecule has 2 aromatic carbocycles. The summed E-state index contributed by atoms with van der Waals surface area (Å²) in [4.78, 5) is 0.142. The van der Waals surface area contributed by atoms with Gasteiger partial charge < -0.3 is 0 Å². The van der Waals surface area contributed by atoms with Crippen molar-refractivity contribution >= 4 is 27.3 Å². The fourth-order valence-electron chi connectivity index (χ4n) is 1.50. The van der Waals surface area contributed by atoms with Crippen molar-refractivity contribution in [2.45, 2.75) is 4.90 Å². The first-order chi connectivity index (χ1) is 9.01. The highest BCUT2D eigenvalue weighted by molar-refractivity contribution is 7.92. The third-order valence-electron chi connectivity index (χ3n) is 2.41. The summed E-state index contributed by atoms with van der Waals surface area (Å²) in [7, 11) is -3.63. The zero-order chi connectivity index (χ0) is 13.9. The Morgan fingerprint density at radius 2 is 1.79 bits per heavy atom. The fraction of sp³-hybridized carbons (Fsp3) is 0. The number of benzene rings is 2. The predicted molar refractivity (Wildman–Crippen MR) is 76.6 cm³/mol. The SMILES string of the molecule is C#Cc1cccc(NS(=O)(=O)c2ccc(Cl)cc2)c1. The zero-order valence-corrected chi connectivity index (χ0v) is 11.4. The lowest BCUT2D eigenvalue weighted by Gasteiger charge is -2.08.